The second-order valence-corrected chi connectivity index (χ2v) is 5.77. The van der Waals surface area contributed by atoms with Gasteiger partial charge in [0.15, 0.2) is 0 Å². The number of allylic oxidation sites excluding steroid dienone is 2. The van der Waals surface area contributed by atoms with Gasteiger partial charge in [-0.2, -0.15) is 11.8 Å². The second kappa shape index (κ2) is 2.31. The maximum atomic E-state index is 2.44. The third-order valence-corrected chi connectivity index (χ3v) is 5.89. The maximum Gasteiger partial charge on any atom is -0.000189 e. The fourth-order valence-electron chi connectivity index (χ4n) is 3.56. The van der Waals surface area contributed by atoms with Gasteiger partial charge in [0, 0.05) is 0 Å². The molecule has 0 radical (unpaired) electrons. The van der Waals surface area contributed by atoms with E-state index in [1.807, 2.05) is 0 Å². The summed E-state index contributed by atoms with van der Waals surface area (Å²) in [7, 11) is 0. The van der Waals surface area contributed by atoms with Crippen molar-refractivity contribution in [1.82, 2.24) is 0 Å². The van der Waals surface area contributed by atoms with E-state index in [0.717, 1.165) is 10.8 Å². The minimum Gasteiger partial charge on any atom is -0.161 e. The Morgan fingerprint density at radius 3 is 2.08 bits per heavy atom. The van der Waals surface area contributed by atoms with Crippen LogP contribution < -0.4 is 0 Å². The third kappa shape index (κ3) is 0.717. The highest BCUT2D eigenvalue weighted by atomic mass is 32.2. The van der Waals surface area contributed by atoms with Gasteiger partial charge in [0.25, 0.3) is 0 Å². The van der Waals surface area contributed by atoms with Gasteiger partial charge >= 0.3 is 0 Å². The first-order valence-electron chi connectivity index (χ1n) is 5.10. The van der Waals surface area contributed by atoms with Crippen molar-refractivity contribution in [3.8, 4) is 0 Å². The van der Waals surface area contributed by atoms with E-state index >= 15 is 0 Å². The van der Waals surface area contributed by atoms with Crippen molar-refractivity contribution in [2.24, 2.45) is 10.8 Å². The fraction of sp³-hybridized carbons (Fsp3) is 0.818. The van der Waals surface area contributed by atoms with E-state index < -0.39 is 0 Å². The normalized spacial score (nSPS) is 50.7. The van der Waals surface area contributed by atoms with E-state index in [2.05, 4.69) is 23.9 Å². The smallest absolute Gasteiger partial charge is 0.000189 e. The molecule has 0 aromatic carbocycles. The molecular weight excluding hydrogens is 164 g/mol. The minimum atomic E-state index is 0.756. The summed E-state index contributed by atoms with van der Waals surface area (Å²) in [6, 6.07) is 0. The molecule has 1 saturated heterocycles. The summed E-state index contributed by atoms with van der Waals surface area (Å²) in [5.74, 6) is 2.91. The van der Waals surface area contributed by atoms with Gasteiger partial charge in [0.05, 0.1) is 0 Å². The molecule has 1 heteroatoms. The fourth-order valence-corrected chi connectivity index (χ4v) is 5.58. The van der Waals surface area contributed by atoms with E-state index in [9.17, 15) is 0 Å². The molecule has 3 rings (SSSR count). The van der Waals surface area contributed by atoms with E-state index in [1.165, 1.54) is 43.6 Å². The second-order valence-electron chi connectivity index (χ2n) is 4.79. The van der Waals surface area contributed by atoms with Crippen molar-refractivity contribution >= 4 is 11.8 Å². The van der Waals surface area contributed by atoms with Crippen LogP contribution in [-0.4, -0.2) is 11.5 Å². The van der Waals surface area contributed by atoms with Gasteiger partial charge < -0.3 is 0 Å². The molecular formula is C11H16S. The largest absolute Gasteiger partial charge is 0.161 e. The van der Waals surface area contributed by atoms with E-state index in [0.29, 0.717) is 0 Å². The summed E-state index contributed by atoms with van der Waals surface area (Å²) >= 11 is 2.21. The quantitative estimate of drug-likeness (QED) is 0.516. The summed E-state index contributed by atoms with van der Waals surface area (Å²) in [6.45, 7) is 0. The van der Waals surface area contributed by atoms with Crippen LogP contribution in [-0.2, 0) is 0 Å². The average Bonchev–Trinajstić information content (AvgIpc) is 2.57. The molecule has 1 saturated carbocycles. The monoisotopic (exact) mass is 180 g/mol. The van der Waals surface area contributed by atoms with Gasteiger partial charge in [-0.15, -0.1) is 0 Å². The summed E-state index contributed by atoms with van der Waals surface area (Å²) in [5.41, 5.74) is 1.51. The standard InChI is InChI=1S/C11H16S/c1-2-5-11-7-3-6-10(11,4-1)8-12-9-11/h1-2H,3-9H2/t10-,11+. The Bertz CT molecular complexity index is 197. The average molecular weight is 180 g/mol. The lowest BCUT2D eigenvalue weighted by Crippen LogP contribution is -2.37. The van der Waals surface area contributed by atoms with Crippen LogP contribution in [0.2, 0.25) is 0 Å². The molecule has 0 N–H and O–H groups in total. The molecule has 2 atom stereocenters. The molecule has 2 fully saturated rings. The molecule has 0 aromatic heterocycles. The SMILES string of the molecule is C1=CC[C@]23CCC[C@@]2(C1)CSC3. The van der Waals surface area contributed by atoms with Crippen molar-refractivity contribution in [3.63, 3.8) is 0 Å². The number of hydrogen-bond acceptors (Lipinski definition) is 1. The van der Waals surface area contributed by atoms with Crippen LogP contribution >= 0.6 is 11.8 Å². The predicted octanol–water partition coefficient (Wildman–Crippen LogP) is 3.24. The highest BCUT2D eigenvalue weighted by Crippen LogP contribution is 2.65. The van der Waals surface area contributed by atoms with Gasteiger partial charge in [0.2, 0.25) is 0 Å². The molecule has 0 spiro atoms. The molecule has 0 bridgehead atoms. The molecule has 12 heavy (non-hydrogen) atoms. The Labute approximate surface area is 78.8 Å². The van der Waals surface area contributed by atoms with Crippen LogP contribution in [0.4, 0.5) is 0 Å². The lowest BCUT2D eigenvalue weighted by molar-refractivity contribution is 0.131. The highest BCUT2D eigenvalue weighted by Gasteiger charge is 2.57. The summed E-state index contributed by atoms with van der Waals surface area (Å²) in [5, 5.41) is 0. The van der Waals surface area contributed by atoms with Crippen molar-refractivity contribution in [3.05, 3.63) is 12.2 Å². The molecule has 0 aromatic rings. The summed E-state index contributed by atoms with van der Waals surface area (Å²) in [4.78, 5) is 0. The molecule has 0 unspecified atom stereocenters. The zero-order valence-electron chi connectivity index (χ0n) is 7.51. The molecule has 66 valence electrons. The van der Waals surface area contributed by atoms with Gasteiger partial charge in [0.1, 0.15) is 0 Å². The first-order chi connectivity index (χ1) is 5.87. The Hall–Kier alpha value is 0.0900. The topological polar surface area (TPSA) is 0 Å². The molecule has 2 aliphatic carbocycles. The van der Waals surface area contributed by atoms with Crippen LogP contribution in [0.25, 0.3) is 0 Å². The summed E-state index contributed by atoms with van der Waals surface area (Å²) < 4.78 is 0. The van der Waals surface area contributed by atoms with Crippen molar-refractivity contribution in [2.45, 2.75) is 32.1 Å². The number of rotatable bonds is 0. The summed E-state index contributed by atoms with van der Waals surface area (Å²) in [6.07, 6.45) is 12.2. The van der Waals surface area contributed by atoms with Gasteiger partial charge in [-0.25, -0.2) is 0 Å². The Kier molecular flexibility index (Phi) is 1.44. The first kappa shape index (κ1) is 7.49. The van der Waals surface area contributed by atoms with Crippen molar-refractivity contribution in [1.29, 1.82) is 0 Å². The molecule has 1 heterocycles. The van der Waals surface area contributed by atoms with E-state index in [4.69, 9.17) is 0 Å². The van der Waals surface area contributed by atoms with Crippen LogP contribution in [0, 0.1) is 10.8 Å². The first-order valence-corrected chi connectivity index (χ1v) is 6.25. The van der Waals surface area contributed by atoms with E-state index in [-0.39, 0.29) is 0 Å². The van der Waals surface area contributed by atoms with Gasteiger partial charge in [-0.3, -0.25) is 0 Å². The van der Waals surface area contributed by atoms with Crippen LogP contribution in [0.15, 0.2) is 12.2 Å². The minimum absolute atomic E-state index is 0.756. The molecule has 1 aliphatic heterocycles. The van der Waals surface area contributed by atoms with Crippen LogP contribution in [0.3, 0.4) is 0 Å². The lowest BCUT2D eigenvalue weighted by atomic mass is 9.62. The Balaban J connectivity index is 2.06. The molecule has 0 amide bonds. The molecule has 3 aliphatic rings. The maximum absolute atomic E-state index is 2.44. The van der Waals surface area contributed by atoms with Gasteiger partial charge in [-0.1, -0.05) is 18.6 Å². The van der Waals surface area contributed by atoms with Crippen LogP contribution in [0.1, 0.15) is 32.1 Å². The van der Waals surface area contributed by atoms with Crippen LogP contribution in [0.5, 0.6) is 0 Å². The Morgan fingerprint density at radius 1 is 0.917 bits per heavy atom. The molecule has 0 nitrogen and oxygen atoms in total. The zero-order chi connectivity index (χ0) is 8.07. The lowest BCUT2D eigenvalue weighted by Gasteiger charge is -2.41. The predicted molar refractivity (Wildman–Crippen MR) is 54.4 cm³/mol. The zero-order valence-corrected chi connectivity index (χ0v) is 8.33. The van der Waals surface area contributed by atoms with E-state index in [1.54, 1.807) is 0 Å². The number of thioether (sulfide) groups is 1. The van der Waals surface area contributed by atoms with Gasteiger partial charge in [-0.05, 0) is 48.0 Å². The number of hydrogen-bond donors (Lipinski definition) is 0. The van der Waals surface area contributed by atoms with Crippen molar-refractivity contribution in [2.75, 3.05) is 11.5 Å². The third-order valence-electron chi connectivity index (χ3n) is 4.38. The van der Waals surface area contributed by atoms with Crippen molar-refractivity contribution < 1.29 is 0 Å². The highest BCUT2D eigenvalue weighted by molar-refractivity contribution is 7.99. The Morgan fingerprint density at radius 2 is 1.50 bits per heavy atom.